The zero-order chi connectivity index (χ0) is 20.1. The molecule has 7 heteroatoms. The maximum absolute atomic E-state index is 12.5. The van der Waals surface area contributed by atoms with Gasteiger partial charge in [-0.2, -0.15) is 0 Å². The lowest BCUT2D eigenvalue weighted by molar-refractivity contribution is -0.131. The molecule has 0 aliphatic carbocycles. The number of nitrogens with zero attached hydrogens (tertiary/aromatic N) is 4. The first-order valence-electron chi connectivity index (χ1n) is 10.6. The van der Waals surface area contributed by atoms with E-state index in [0.29, 0.717) is 24.8 Å². The van der Waals surface area contributed by atoms with E-state index < -0.39 is 0 Å². The van der Waals surface area contributed by atoms with Gasteiger partial charge in [0.2, 0.25) is 5.91 Å². The van der Waals surface area contributed by atoms with Crippen LogP contribution in [-0.2, 0) is 11.3 Å². The zero-order valence-electron chi connectivity index (χ0n) is 16.8. The van der Waals surface area contributed by atoms with E-state index in [2.05, 4.69) is 10.3 Å². The highest BCUT2D eigenvalue weighted by Gasteiger charge is 2.26. The lowest BCUT2D eigenvalue weighted by Crippen LogP contribution is -2.44. The fourth-order valence-electron chi connectivity index (χ4n) is 4.17. The van der Waals surface area contributed by atoms with Crippen LogP contribution in [0.4, 0.5) is 4.79 Å². The van der Waals surface area contributed by atoms with Crippen LogP contribution >= 0.6 is 0 Å². The summed E-state index contributed by atoms with van der Waals surface area (Å²) in [5, 5.41) is 3.02. The molecule has 2 aliphatic rings. The summed E-state index contributed by atoms with van der Waals surface area (Å²) < 4.78 is 1.95. The molecule has 2 aliphatic heterocycles. The molecule has 0 radical (unpaired) electrons. The third-order valence-electron chi connectivity index (χ3n) is 6.01. The molecule has 2 aromatic rings. The van der Waals surface area contributed by atoms with Crippen LogP contribution in [0.25, 0.3) is 5.69 Å². The van der Waals surface area contributed by atoms with E-state index in [1.807, 2.05) is 44.8 Å². The zero-order valence-corrected chi connectivity index (χ0v) is 16.8. The first-order valence-corrected chi connectivity index (χ1v) is 10.6. The van der Waals surface area contributed by atoms with Crippen LogP contribution in [0.2, 0.25) is 0 Å². The Morgan fingerprint density at radius 1 is 1.00 bits per heavy atom. The maximum Gasteiger partial charge on any atom is 0.317 e. The molecule has 0 saturated carbocycles. The van der Waals surface area contributed by atoms with E-state index >= 15 is 0 Å². The first kappa shape index (κ1) is 19.5. The Kier molecular flexibility index (Phi) is 6.12. The second kappa shape index (κ2) is 9.11. The van der Waals surface area contributed by atoms with Gasteiger partial charge in [0, 0.05) is 57.2 Å². The summed E-state index contributed by atoms with van der Waals surface area (Å²) in [6.07, 6.45) is 10.1. The fourth-order valence-corrected chi connectivity index (χ4v) is 4.17. The smallest absolute Gasteiger partial charge is 0.317 e. The van der Waals surface area contributed by atoms with Crippen molar-refractivity contribution < 1.29 is 9.59 Å². The van der Waals surface area contributed by atoms with E-state index in [1.54, 1.807) is 12.5 Å². The molecule has 2 saturated heterocycles. The molecule has 1 aromatic heterocycles. The Hall–Kier alpha value is -2.83. The van der Waals surface area contributed by atoms with Gasteiger partial charge < -0.3 is 19.7 Å². The second-order valence-electron chi connectivity index (χ2n) is 8.02. The minimum atomic E-state index is -0.0204. The van der Waals surface area contributed by atoms with Crippen molar-refractivity contribution in [2.75, 3.05) is 26.2 Å². The number of carbonyl (C=O) groups is 2. The normalized spacial score (nSPS) is 17.5. The van der Waals surface area contributed by atoms with Crippen molar-refractivity contribution in [1.82, 2.24) is 24.7 Å². The molecule has 7 nitrogen and oxygen atoms in total. The van der Waals surface area contributed by atoms with Gasteiger partial charge in [0.1, 0.15) is 0 Å². The number of urea groups is 1. The molecule has 0 spiro atoms. The molecule has 0 atom stereocenters. The largest absolute Gasteiger partial charge is 0.343 e. The lowest BCUT2D eigenvalue weighted by atomic mass is 9.93. The van der Waals surface area contributed by atoms with E-state index in [1.165, 1.54) is 0 Å². The van der Waals surface area contributed by atoms with Crippen LogP contribution in [0, 0.1) is 5.92 Å². The number of hydrogen-bond acceptors (Lipinski definition) is 3. The Balaban J connectivity index is 1.19. The van der Waals surface area contributed by atoms with Gasteiger partial charge in [-0.05, 0) is 49.3 Å². The number of nitrogens with one attached hydrogen (secondary N) is 1. The first-order chi connectivity index (χ1) is 14.2. The Labute approximate surface area is 171 Å². The Morgan fingerprint density at radius 3 is 2.38 bits per heavy atom. The van der Waals surface area contributed by atoms with Crippen molar-refractivity contribution in [3.8, 4) is 5.69 Å². The molecule has 29 heavy (non-hydrogen) atoms. The lowest BCUT2D eigenvalue weighted by Gasteiger charge is -2.32. The molecular formula is C22H29N5O2. The van der Waals surface area contributed by atoms with Crippen molar-refractivity contribution in [1.29, 1.82) is 0 Å². The predicted molar refractivity (Wildman–Crippen MR) is 111 cm³/mol. The number of benzene rings is 1. The molecule has 2 fully saturated rings. The molecule has 1 aromatic carbocycles. The highest BCUT2D eigenvalue weighted by molar-refractivity contribution is 5.77. The molecule has 3 heterocycles. The van der Waals surface area contributed by atoms with Gasteiger partial charge in [-0.15, -0.1) is 0 Å². The van der Waals surface area contributed by atoms with Gasteiger partial charge in [0.05, 0.1) is 6.33 Å². The van der Waals surface area contributed by atoms with Gasteiger partial charge in [-0.1, -0.05) is 12.1 Å². The summed E-state index contributed by atoms with van der Waals surface area (Å²) in [7, 11) is 0. The van der Waals surface area contributed by atoms with Crippen molar-refractivity contribution in [2.45, 2.75) is 38.6 Å². The SMILES string of the molecule is O=C(CC1CCN(C(=O)NCc2ccc(-n3ccnc3)cc2)CC1)N1CCCC1. The van der Waals surface area contributed by atoms with E-state index in [9.17, 15) is 9.59 Å². The Bertz CT molecular complexity index is 804. The number of likely N-dealkylation sites (tertiary alicyclic amines) is 2. The van der Waals surface area contributed by atoms with Crippen molar-refractivity contribution in [3.63, 3.8) is 0 Å². The third kappa shape index (κ3) is 4.96. The number of carbonyl (C=O) groups excluding carboxylic acids is 2. The van der Waals surface area contributed by atoms with Crippen molar-refractivity contribution >= 4 is 11.9 Å². The molecule has 0 bridgehead atoms. The quantitative estimate of drug-likeness (QED) is 0.846. The van der Waals surface area contributed by atoms with E-state index in [0.717, 1.165) is 63.1 Å². The second-order valence-corrected chi connectivity index (χ2v) is 8.02. The molecule has 0 unspecified atom stereocenters. The van der Waals surface area contributed by atoms with Gasteiger partial charge in [0.25, 0.3) is 0 Å². The third-order valence-corrected chi connectivity index (χ3v) is 6.01. The van der Waals surface area contributed by atoms with Crippen molar-refractivity contribution in [3.05, 3.63) is 48.5 Å². The highest BCUT2D eigenvalue weighted by Crippen LogP contribution is 2.22. The van der Waals surface area contributed by atoms with Gasteiger partial charge in [-0.25, -0.2) is 9.78 Å². The van der Waals surface area contributed by atoms with Gasteiger partial charge in [-0.3, -0.25) is 4.79 Å². The van der Waals surface area contributed by atoms with Crippen LogP contribution in [0.1, 0.15) is 37.7 Å². The van der Waals surface area contributed by atoms with Gasteiger partial charge in [0.15, 0.2) is 0 Å². The van der Waals surface area contributed by atoms with Crippen LogP contribution in [0.15, 0.2) is 43.0 Å². The monoisotopic (exact) mass is 395 g/mol. The summed E-state index contributed by atoms with van der Waals surface area (Å²) >= 11 is 0. The minimum Gasteiger partial charge on any atom is -0.343 e. The summed E-state index contributed by atoms with van der Waals surface area (Å²) in [6.45, 7) is 3.80. The fraction of sp³-hybridized carbons (Fsp3) is 0.500. The molecule has 1 N–H and O–H groups in total. The summed E-state index contributed by atoms with van der Waals surface area (Å²) in [5.74, 6) is 0.701. The molecular weight excluding hydrogens is 366 g/mol. The topological polar surface area (TPSA) is 70.5 Å². The predicted octanol–water partition coefficient (Wildman–Crippen LogP) is 2.81. The average molecular weight is 396 g/mol. The number of amides is 3. The van der Waals surface area contributed by atoms with E-state index in [4.69, 9.17) is 0 Å². The molecule has 4 rings (SSSR count). The number of piperidine rings is 1. The van der Waals surface area contributed by atoms with E-state index in [-0.39, 0.29) is 6.03 Å². The number of hydrogen-bond donors (Lipinski definition) is 1. The standard InChI is InChI=1S/C22H29N5O2/c28-21(25-10-1-2-11-25)15-18-7-12-26(13-8-18)22(29)24-16-19-3-5-20(6-4-19)27-14-9-23-17-27/h3-6,9,14,17-18H,1-2,7-8,10-13,15-16H2,(H,24,29). The minimum absolute atomic E-state index is 0.0204. The number of imidazole rings is 1. The maximum atomic E-state index is 12.5. The van der Waals surface area contributed by atoms with Crippen LogP contribution < -0.4 is 5.32 Å². The summed E-state index contributed by atoms with van der Waals surface area (Å²) in [6, 6.07) is 8.06. The highest BCUT2D eigenvalue weighted by atomic mass is 16.2. The summed E-state index contributed by atoms with van der Waals surface area (Å²) in [4.78, 5) is 32.7. The molecule has 154 valence electrons. The van der Waals surface area contributed by atoms with Crippen LogP contribution in [0.3, 0.4) is 0 Å². The Morgan fingerprint density at radius 2 is 1.72 bits per heavy atom. The van der Waals surface area contributed by atoms with Crippen LogP contribution in [0.5, 0.6) is 0 Å². The van der Waals surface area contributed by atoms with Gasteiger partial charge >= 0.3 is 6.03 Å². The average Bonchev–Trinajstić information content (AvgIpc) is 3.47. The molecule has 3 amide bonds. The van der Waals surface area contributed by atoms with Crippen molar-refractivity contribution in [2.24, 2.45) is 5.92 Å². The van der Waals surface area contributed by atoms with Crippen LogP contribution in [-0.4, -0.2) is 57.5 Å². The number of aromatic nitrogens is 2. The number of rotatable bonds is 5. The summed E-state index contributed by atoms with van der Waals surface area (Å²) in [5.41, 5.74) is 2.11.